The van der Waals surface area contributed by atoms with Gasteiger partial charge in [0.25, 0.3) is 0 Å². The Morgan fingerprint density at radius 1 is 0.868 bits per heavy atom. The molecule has 0 aromatic heterocycles. The normalized spacial score (nSPS) is 12.8. The van der Waals surface area contributed by atoms with E-state index < -0.39 is 5.97 Å². The van der Waals surface area contributed by atoms with Gasteiger partial charge in [0.1, 0.15) is 5.76 Å². The minimum Gasteiger partial charge on any atom is -0.423 e. The number of aliphatic hydroxyl groups is 1. The number of rotatable bonds is 8. The Bertz CT molecular complexity index is 1510. The zero-order valence-corrected chi connectivity index (χ0v) is 21.8. The lowest BCUT2D eigenvalue weighted by Crippen LogP contribution is -2.16. The van der Waals surface area contributed by atoms with Crippen molar-refractivity contribution >= 4 is 28.8 Å². The molecular weight excluding hydrogens is 470 g/mol. The molecule has 0 bridgehead atoms. The van der Waals surface area contributed by atoms with Gasteiger partial charge in [-0.1, -0.05) is 69.5 Å². The maximum Gasteiger partial charge on any atom is 0.335 e. The monoisotopic (exact) mass is 501 g/mol. The molecule has 1 N–H and O–H groups in total. The Balaban J connectivity index is 1.58. The van der Waals surface area contributed by atoms with E-state index in [1.54, 1.807) is 0 Å². The molecule has 0 fully saturated rings. The Morgan fingerprint density at radius 2 is 1.47 bits per heavy atom. The maximum absolute atomic E-state index is 11.6. The first-order valence-corrected chi connectivity index (χ1v) is 12.7. The molecular formula is C34H31NO3. The number of aliphatic hydroxyl groups excluding tert-OH is 1. The number of hydrogen-bond donors (Lipinski definition) is 1. The molecule has 1 aliphatic rings. The first-order chi connectivity index (χ1) is 18.3. The third kappa shape index (κ3) is 4.55. The van der Waals surface area contributed by atoms with E-state index >= 15 is 0 Å². The Hall–Kier alpha value is -4.41. The van der Waals surface area contributed by atoms with E-state index in [4.69, 9.17) is 4.74 Å². The lowest BCUT2D eigenvalue weighted by molar-refractivity contribution is -0.131. The molecule has 0 saturated heterocycles. The maximum atomic E-state index is 11.6. The molecule has 4 nitrogen and oxygen atoms in total. The molecule has 0 atom stereocenters. The zero-order valence-electron chi connectivity index (χ0n) is 21.8. The third-order valence-electron chi connectivity index (χ3n) is 7.26. The summed E-state index contributed by atoms with van der Waals surface area (Å²) in [6, 6.07) is 31.3. The fourth-order valence-electron chi connectivity index (χ4n) is 5.24. The van der Waals surface area contributed by atoms with Crippen molar-refractivity contribution in [3.8, 4) is 11.1 Å². The van der Waals surface area contributed by atoms with Gasteiger partial charge in [-0.05, 0) is 82.8 Å². The van der Waals surface area contributed by atoms with E-state index in [1.807, 2.05) is 24.3 Å². The van der Waals surface area contributed by atoms with Gasteiger partial charge in [-0.15, -0.1) is 0 Å². The van der Waals surface area contributed by atoms with Crippen LogP contribution in [0, 0.1) is 0 Å². The molecule has 0 radical (unpaired) electrons. The van der Waals surface area contributed by atoms with Crippen molar-refractivity contribution in [1.82, 2.24) is 0 Å². The fourth-order valence-corrected chi connectivity index (χ4v) is 5.24. The predicted octanol–water partition coefficient (Wildman–Crippen LogP) is 7.70. The Labute approximate surface area is 224 Å². The molecule has 0 amide bonds. The van der Waals surface area contributed by atoms with Crippen LogP contribution in [-0.2, 0) is 21.4 Å². The van der Waals surface area contributed by atoms with Gasteiger partial charge in [0.15, 0.2) is 0 Å². The Kier molecular flexibility index (Phi) is 6.75. The molecule has 4 heteroatoms. The van der Waals surface area contributed by atoms with Crippen molar-refractivity contribution in [3.63, 3.8) is 0 Å². The summed E-state index contributed by atoms with van der Waals surface area (Å²) < 4.78 is 5.21. The molecule has 0 unspecified atom stereocenters. The molecule has 5 rings (SSSR count). The molecule has 4 aromatic carbocycles. The van der Waals surface area contributed by atoms with Crippen molar-refractivity contribution in [1.29, 1.82) is 0 Å². The molecule has 0 aliphatic heterocycles. The Morgan fingerprint density at radius 3 is 2.13 bits per heavy atom. The summed E-state index contributed by atoms with van der Waals surface area (Å²) in [5.74, 6) is -0.260. The van der Waals surface area contributed by atoms with Crippen LogP contribution in [0.1, 0.15) is 36.1 Å². The van der Waals surface area contributed by atoms with Crippen LogP contribution < -0.4 is 4.90 Å². The topological polar surface area (TPSA) is 49.8 Å². The van der Waals surface area contributed by atoms with Crippen LogP contribution in [0.3, 0.4) is 0 Å². The molecule has 190 valence electrons. The standard InChI is InChI=1S/C34H31NO3/c1-5-33(37)38-23(2)25-12-16-27(17-13-25)35(26-14-10-24(11-15-26)20-21-36)28-18-19-30-29-8-6-7-9-31(29)34(3,4)32(30)22-28/h5-19,22,36H,1-2,20-21H2,3-4H3. The van der Waals surface area contributed by atoms with E-state index in [9.17, 15) is 9.90 Å². The highest BCUT2D eigenvalue weighted by Gasteiger charge is 2.35. The number of hydrogen-bond acceptors (Lipinski definition) is 4. The van der Waals surface area contributed by atoms with Gasteiger partial charge < -0.3 is 14.7 Å². The first kappa shape index (κ1) is 25.2. The predicted molar refractivity (Wildman–Crippen MR) is 155 cm³/mol. The molecule has 4 aromatic rings. The van der Waals surface area contributed by atoms with Gasteiger partial charge in [-0.2, -0.15) is 0 Å². The van der Waals surface area contributed by atoms with Crippen LogP contribution in [0.15, 0.2) is 110 Å². The second-order valence-corrected chi connectivity index (χ2v) is 9.97. The average molecular weight is 502 g/mol. The minimum absolute atomic E-state index is 0.116. The highest BCUT2D eigenvalue weighted by Crippen LogP contribution is 2.50. The summed E-state index contributed by atoms with van der Waals surface area (Å²) >= 11 is 0. The highest BCUT2D eigenvalue weighted by molar-refractivity contribution is 5.87. The minimum atomic E-state index is -0.537. The second-order valence-electron chi connectivity index (χ2n) is 9.97. The second kappa shape index (κ2) is 10.2. The van der Waals surface area contributed by atoms with Crippen LogP contribution in [-0.4, -0.2) is 17.7 Å². The number of ether oxygens (including phenoxy) is 1. The van der Waals surface area contributed by atoms with E-state index in [-0.39, 0.29) is 17.8 Å². The van der Waals surface area contributed by atoms with Crippen LogP contribution in [0.25, 0.3) is 16.9 Å². The fraction of sp³-hybridized carbons (Fsp3) is 0.147. The summed E-state index contributed by atoms with van der Waals surface area (Å²) in [5.41, 5.74) is 9.87. The van der Waals surface area contributed by atoms with E-state index in [2.05, 4.69) is 98.6 Å². The number of esters is 1. The van der Waals surface area contributed by atoms with Gasteiger partial charge in [-0.25, -0.2) is 4.79 Å². The van der Waals surface area contributed by atoms with Crippen molar-refractivity contribution < 1.29 is 14.6 Å². The van der Waals surface area contributed by atoms with Gasteiger partial charge in [-0.3, -0.25) is 0 Å². The largest absolute Gasteiger partial charge is 0.423 e. The quantitative estimate of drug-likeness (QED) is 0.153. The van der Waals surface area contributed by atoms with Gasteiger partial charge in [0, 0.05) is 40.7 Å². The first-order valence-electron chi connectivity index (χ1n) is 12.7. The van der Waals surface area contributed by atoms with Crippen molar-refractivity contribution in [2.75, 3.05) is 11.5 Å². The van der Waals surface area contributed by atoms with E-state index in [1.165, 1.54) is 22.3 Å². The number of nitrogens with zero attached hydrogens (tertiary/aromatic N) is 1. The van der Waals surface area contributed by atoms with Crippen LogP contribution in [0.5, 0.6) is 0 Å². The van der Waals surface area contributed by atoms with Crippen LogP contribution in [0.2, 0.25) is 0 Å². The smallest absolute Gasteiger partial charge is 0.335 e. The highest BCUT2D eigenvalue weighted by atomic mass is 16.5. The molecule has 0 saturated carbocycles. The lowest BCUT2D eigenvalue weighted by Gasteiger charge is -2.28. The van der Waals surface area contributed by atoms with E-state index in [0.717, 1.165) is 28.7 Å². The van der Waals surface area contributed by atoms with Gasteiger partial charge >= 0.3 is 5.97 Å². The molecule has 0 heterocycles. The number of carbonyl (C=O) groups excluding carboxylic acids is 1. The van der Waals surface area contributed by atoms with Crippen molar-refractivity contribution in [3.05, 3.63) is 132 Å². The third-order valence-corrected chi connectivity index (χ3v) is 7.26. The summed E-state index contributed by atoms with van der Waals surface area (Å²) in [7, 11) is 0. The summed E-state index contributed by atoms with van der Waals surface area (Å²) in [6.07, 6.45) is 1.74. The van der Waals surface area contributed by atoms with Crippen molar-refractivity contribution in [2.24, 2.45) is 0 Å². The molecule has 38 heavy (non-hydrogen) atoms. The zero-order chi connectivity index (χ0) is 26.9. The number of anilines is 3. The number of benzene rings is 4. The number of carbonyl (C=O) groups is 1. The summed E-state index contributed by atoms with van der Waals surface area (Å²) in [6.45, 7) is 12.0. The van der Waals surface area contributed by atoms with Gasteiger partial charge in [0.2, 0.25) is 0 Å². The summed E-state index contributed by atoms with van der Waals surface area (Å²) in [4.78, 5) is 13.8. The SMILES string of the molecule is C=CC(=O)OC(=C)c1ccc(N(c2ccc(CCO)cc2)c2ccc3c(c2)C(C)(C)c2ccccc2-3)cc1. The summed E-state index contributed by atoms with van der Waals surface area (Å²) in [5, 5.41) is 9.35. The lowest BCUT2D eigenvalue weighted by atomic mass is 9.82. The molecule has 0 spiro atoms. The van der Waals surface area contributed by atoms with Crippen molar-refractivity contribution in [2.45, 2.75) is 25.7 Å². The van der Waals surface area contributed by atoms with E-state index in [0.29, 0.717) is 12.0 Å². The molecule has 1 aliphatic carbocycles. The number of fused-ring (bicyclic) bond motifs is 3. The van der Waals surface area contributed by atoms with Crippen LogP contribution in [0.4, 0.5) is 17.1 Å². The average Bonchev–Trinajstić information content (AvgIpc) is 3.16. The van der Waals surface area contributed by atoms with Crippen LogP contribution >= 0.6 is 0 Å². The van der Waals surface area contributed by atoms with Gasteiger partial charge in [0.05, 0.1) is 0 Å².